The van der Waals surface area contributed by atoms with Crippen LogP contribution in [0, 0.1) is 5.92 Å². The zero-order valence-electron chi connectivity index (χ0n) is 16.7. The minimum atomic E-state index is -0.957. The molecular weight excluding hydrogens is 358 g/mol. The molecule has 0 radical (unpaired) electrons. The van der Waals surface area contributed by atoms with Crippen molar-refractivity contribution in [2.45, 2.75) is 52.0 Å². The largest absolute Gasteiger partial charge is 0.325 e. The summed E-state index contributed by atoms with van der Waals surface area (Å²) in [6.07, 6.45) is 2.73. The van der Waals surface area contributed by atoms with E-state index in [-0.39, 0.29) is 24.1 Å². The number of carbonyl (C=O) groups excluding carboxylic acids is 4. The molecular formula is C21H27N3O4. The first-order valence-corrected chi connectivity index (χ1v) is 9.79. The third-order valence-corrected chi connectivity index (χ3v) is 5.44. The van der Waals surface area contributed by atoms with Crippen molar-refractivity contribution in [3.05, 3.63) is 29.8 Å². The Morgan fingerprint density at radius 1 is 1.18 bits per heavy atom. The first kappa shape index (κ1) is 20.0. The normalized spacial score (nSPS) is 22.4. The van der Waals surface area contributed by atoms with E-state index in [0.29, 0.717) is 30.9 Å². The quantitative estimate of drug-likeness (QED) is 0.578. The Hall–Kier alpha value is -2.70. The fourth-order valence-electron chi connectivity index (χ4n) is 3.62. The Balaban J connectivity index is 1.66. The molecule has 7 nitrogen and oxygen atoms in total. The molecule has 0 saturated carbocycles. The van der Waals surface area contributed by atoms with E-state index < -0.39 is 11.6 Å². The maximum Gasteiger partial charge on any atom is 0.325 e. The van der Waals surface area contributed by atoms with Gasteiger partial charge >= 0.3 is 6.03 Å². The van der Waals surface area contributed by atoms with Crippen LogP contribution in [-0.4, -0.2) is 47.2 Å². The van der Waals surface area contributed by atoms with Crippen molar-refractivity contribution in [3.63, 3.8) is 0 Å². The van der Waals surface area contributed by atoms with Crippen molar-refractivity contribution in [1.29, 1.82) is 0 Å². The number of amides is 4. The molecule has 0 unspecified atom stereocenters. The minimum Gasteiger partial charge on any atom is -0.323 e. The number of hydrogen-bond acceptors (Lipinski definition) is 4. The molecule has 2 heterocycles. The maximum absolute atomic E-state index is 12.7. The van der Waals surface area contributed by atoms with Gasteiger partial charge in [-0.15, -0.1) is 0 Å². The molecule has 2 aliphatic rings. The van der Waals surface area contributed by atoms with Crippen molar-refractivity contribution < 1.29 is 19.2 Å². The van der Waals surface area contributed by atoms with Gasteiger partial charge in [-0.1, -0.05) is 13.8 Å². The second kappa shape index (κ2) is 7.73. The topological polar surface area (TPSA) is 86.8 Å². The van der Waals surface area contributed by atoms with Crippen LogP contribution >= 0.6 is 0 Å². The van der Waals surface area contributed by atoms with Gasteiger partial charge in [0.2, 0.25) is 5.91 Å². The highest BCUT2D eigenvalue weighted by Crippen LogP contribution is 2.26. The zero-order chi connectivity index (χ0) is 20.5. The number of carbonyl (C=O) groups is 4. The second-order valence-corrected chi connectivity index (χ2v) is 8.21. The molecule has 1 N–H and O–H groups in total. The Kier molecular flexibility index (Phi) is 5.54. The minimum absolute atomic E-state index is 0.0825. The van der Waals surface area contributed by atoms with Crippen LogP contribution in [0.2, 0.25) is 0 Å². The number of nitrogens with one attached hydrogen (secondary N) is 1. The standard InChI is InChI=1S/C21H27N3O4/c1-14(2)10-11-21(3)19(27)24(20(28)22-21)13-17(25)15-6-8-16(9-7-15)23-12-4-5-18(23)26/h6-9,14H,4-5,10-13H2,1-3H3,(H,22,28)/t21-/m1/s1. The summed E-state index contributed by atoms with van der Waals surface area (Å²) < 4.78 is 0. The highest BCUT2D eigenvalue weighted by molar-refractivity contribution is 6.11. The van der Waals surface area contributed by atoms with Crippen LogP contribution in [0.25, 0.3) is 0 Å². The van der Waals surface area contributed by atoms with Crippen molar-refractivity contribution in [2.75, 3.05) is 18.0 Å². The van der Waals surface area contributed by atoms with Crippen LogP contribution in [0.5, 0.6) is 0 Å². The highest BCUT2D eigenvalue weighted by Gasteiger charge is 2.47. The van der Waals surface area contributed by atoms with E-state index in [0.717, 1.165) is 23.4 Å². The maximum atomic E-state index is 12.7. The molecule has 28 heavy (non-hydrogen) atoms. The summed E-state index contributed by atoms with van der Waals surface area (Å²) >= 11 is 0. The van der Waals surface area contributed by atoms with Crippen LogP contribution in [0.1, 0.15) is 56.8 Å². The predicted molar refractivity (Wildman–Crippen MR) is 105 cm³/mol. The molecule has 2 saturated heterocycles. The first-order chi connectivity index (χ1) is 13.2. The number of imide groups is 1. The van der Waals surface area contributed by atoms with Crippen LogP contribution in [-0.2, 0) is 9.59 Å². The molecule has 150 valence electrons. The molecule has 2 fully saturated rings. The van der Waals surface area contributed by atoms with Gasteiger partial charge in [0.15, 0.2) is 5.78 Å². The van der Waals surface area contributed by atoms with Crippen molar-refractivity contribution in [2.24, 2.45) is 5.92 Å². The molecule has 1 aromatic rings. The lowest BCUT2D eigenvalue weighted by atomic mass is 9.92. The summed E-state index contributed by atoms with van der Waals surface area (Å²) in [6, 6.07) is 6.22. The third kappa shape index (κ3) is 3.93. The summed E-state index contributed by atoms with van der Waals surface area (Å²) in [5.74, 6) is -0.168. The number of nitrogens with zero attached hydrogens (tertiary/aromatic N) is 2. The number of urea groups is 1. The number of ketones is 1. The van der Waals surface area contributed by atoms with E-state index in [1.807, 2.05) is 0 Å². The summed E-state index contributed by atoms with van der Waals surface area (Å²) in [4.78, 5) is 52.1. The van der Waals surface area contributed by atoms with Gasteiger partial charge in [0.1, 0.15) is 5.54 Å². The average Bonchev–Trinajstić information content (AvgIpc) is 3.17. The van der Waals surface area contributed by atoms with Crippen molar-refractivity contribution in [1.82, 2.24) is 10.2 Å². The van der Waals surface area contributed by atoms with Crippen LogP contribution in [0.15, 0.2) is 24.3 Å². The Morgan fingerprint density at radius 3 is 2.43 bits per heavy atom. The number of anilines is 1. The van der Waals surface area contributed by atoms with E-state index in [4.69, 9.17) is 0 Å². The molecule has 0 aliphatic carbocycles. The highest BCUT2D eigenvalue weighted by atomic mass is 16.2. The van der Waals surface area contributed by atoms with Crippen molar-refractivity contribution >= 4 is 29.3 Å². The molecule has 4 amide bonds. The molecule has 7 heteroatoms. The number of Topliss-reactive ketones (excluding diaryl/α,β-unsaturated/α-hetero) is 1. The van der Waals surface area contributed by atoms with Gasteiger partial charge in [0, 0.05) is 24.2 Å². The van der Waals surface area contributed by atoms with Crippen LogP contribution < -0.4 is 10.2 Å². The lowest BCUT2D eigenvalue weighted by molar-refractivity contribution is -0.130. The number of rotatable bonds is 7. The summed E-state index contributed by atoms with van der Waals surface area (Å²) in [5, 5.41) is 2.73. The Morgan fingerprint density at radius 2 is 1.86 bits per heavy atom. The van der Waals surface area contributed by atoms with Gasteiger partial charge in [-0.2, -0.15) is 0 Å². The average molecular weight is 385 g/mol. The Labute approximate surface area is 165 Å². The second-order valence-electron chi connectivity index (χ2n) is 8.21. The lowest BCUT2D eigenvalue weighted by Crippen LogP contribution is -2.44. The Bertz CT molecular complexity index is 802. The van der Waals surface area contributed by atoms with Gasteiger partial charge in [0.05, 0.1) is 6.54 Å². The van der Waals surface area contributed by atoms with Crippen LogP contribution in [0.3, 0.4) is 0 Å². The van der Waals surface area contributed by atoms with E-state index >= 15 is 0 Å². The fourth-order valence-corrected chi connectivity index (χ4v) is 3.62. The van der Waals surface area contributed by atoms with Gasteiger partial charge in [-0.25, -0.2) is 4.79 Å². The number of hydrogen-bond donors (Lipinski definition) is 1. The first-order valence-electron chi connectivity index (χ1n) is 9.79. The molecule has 1 atom stereocenters. The SMILES string of the molecule is CC(C)CC[C@@]1(C)NC(=O)N(CC(=O)c2ccc(N3CCCC3=O)cc2)C1=O. The van der Waals surface area contributed by atoms with Gasteiger partial charge in [0.25, 0.3) is 5.91 Å². The number of benzene rings is 1. The van der Waals surface area contributed by atoms with Gasteiger partial charge < -0.3 is 10.2 Å². The molecule has 0 bridgehead atoms. The van der Waals surface area contributed by atoms with E-state index in [1.54, 1.807) is 36.1 Å². The zero-order valence-corrected chi connectivity index (χ0v) is 16.7. The van der Waals surface area contributed by atoms with Crippen LogP contribution in [0.4, 0.5) is 10.5 Å². The van der Waals surface area contributed by atoms with E-state index in [9.17, 15) is 19.2 Å². The van der Waals surface area contributed by atoms with Gasteiger partial charge in [-0.3, -0.25) is 19.3 Å². The smallest absolute Gasteiger partial charge is 0.323 e. The third-order valence-electron chi connectivity index (χ3n) is 5.44. The summed E-state index contributed by atoms with van der Waals surface area (Å²) in [5.41, 5.74) is 0.212. The fraction of sp³-hybridized carbons (Fsp3) is 0.524. The molecule has 1 aromatic carbocycles. The van der Waals surface area contributed by atoms with E-state index in [1.165, 1.54) is 0 Å². The molecule has 2 aliphatic heterocycles. The molecule has 3 rings (SSSR count). The van der Waals surface area contributed by atoms with Gasteiger partial charge in [-0.05, 0) is 56.4 Å². The van der Waals surface area contributed by atoms with E-state index in [2.05, 4.69) is 19.2 Å². The molecule has 0 spiro atoms. The predicted octanol–water partition coefficient (Wildman–Crippen LogP) is 2.74. The lowest BCUT2D eigenvalue weighted by Gasteiger charge is -2.22. The summed E-state index contributed by atoms with van der Waals surface area (Å²) in [6.45, 7) is 6.23. The summed E-state index contributed by atoms with van der Waals surface area (Å²) in [7, 11) is 0. The molecule has 0 aromatic heterocycles. The monoisotopic (exact) mass is 385 g/mol. The van der Waals surface area contributed by atoms with Crippen molar-refractivity contribution in [3.8, 4) is 0 Å².